The van der Waals surface area contributed by atoms with E-state index in [1.54, 1.807) is 0 Å². The normalized spacial score (nSPS) is 25.5. The summed E-state index contributed by atoms with van der Waals surface area (Å²) in [5.74, 6) is -0.343. The minimum Gasteiger partial charge on any atom is -1.00 e. The van der Waals surface area contributed by atoms with E-state index < -0.39 is 30.7 Å². The molecule has 0 aromatic heterocycles. The molecule has 3 N–H and O–H groups in total. The van der Waals surface area contributed by atoms with Crippen LogP contribution in [0.25, 0.3) is 0 Å². The zero-order chi connectivity index (χ0) is 24.0. The number of hydrogen-bond acceptors (Lipinski definition) is 7. The highest BCUT2D eigenvalue weighted by Crippen LogP contribution is 2.23. The van der Waals surface area contributed by atoms with Crippen LogP contribution in [0.5, 0.6) is 0 Å². The lowest BCUT2D eigenvalue weighted by Gasteiger charge is -2.40. The van der Waals surface area contributed by atoms with Crippen molar-refractivity contribution in [2.75, 3.05) is 40.9 Å². The van der Waals surface area contributed by atoms with Gasteiger partial charge < -0.3 is 58.0 Å². The first kappa shape index (κ1) is 33.0. The van der Waals surface area contributed by atoms with Crippen molar-refractivity contribution in [2.45, 2.75) is 108 Å². The minimum absolute atomic E-state index is 0. The van der Waals surface area contributed by atoms with Gasteiger partial charge in [-0.1, -0.05) is 58.3 Å². The summed E-state index contributed by atoms with van der Waals surface area (Å²) in [6.07, 6.45) is 5.49. The first-order chi connectivity index (χ1) is 15.2. The second-order valence-corrected chi connectivity index (χ2v) is 10.0. The van der Waals surface area contributed by atoms with Gasteiger partial charge in [0, 0.05) is 12.8 Å². The largest absolute Gasteiger partial charge is 1.00 e. The number of nitrogens with zero attached hydrogens (tertiary/aromatic N) is 1. The predicted molar refractivity (Wildman–Crippen MR) is 123 cm³/mol. The monoisotopic (exact) mass is 589 g/mol. The quantitative estimate of drug-likeness (QED) is 0.0899. The van der Waals surface area contributed by atoms with E-state index in [2.05, 4.69) is 28.1 Å². The van der Waals surface area contributed by atoms with Crippen LogP contribution < -0.4 is 24.0 Å². The average Bonchev–Trinajstić information content (AvgIpc) is 2.73. The molecule has 8 nitrogen and oxygen atoms in total. The number of aliphatic hydroxyl groups excluding tert-OH is 3. The summed E-state index contributed by atoms with van der Waals surface area (Å²) in [5.41, 5.74) is 0. The van der Waals surface area contributed by atoms with Gasteiger partial charge in [0.1, 0.15) is 31.0 Å². The summed E-state index contributed by atoms with van der Waals surface area (Å²) in [6.45, 7) is 3.27. The molecule has 0 aliphatic carbocycles. The van der Waals surface area contributed by atoms with Crippen LogP contribution in [0.4, 0.5) is 0 Å². The lowest BCUT2D eigenvalue weighted by molar-refractivity contribution is -0.870. The number of carbonyl (C=O) groups excluding carboxylic acids is 1. The van der Waals surface area contributed by atoms with Crippen LogP contribution in [-0.2, 0) is 19.0 Å². The molecule has 9 heteroatoms. The van der Waals surface area contributed by atoms with E-state index in [-0.39, 0.29) is 36.6 Å². The fourth-order valence-corrected chi connectivity index (χ4v) is 3.76. The zero-order valence-electron chi connectivity index (χ0n) is 21.1. The van der Waals surface area contributed by atoms with Gasteiger partial charge in [-0.25, -0.2) is 0 Å². The second-order valence-electron chi connectivity index (χ2n) is 10.0. The molecule has 0 aromatic rings. The molecule has 0 aromatic carbocycles. The van der Waals surface area contributed by atoms with Gasteiger partial charge >= 0.3 is 5.97 Å². The maximum atomic E-state index is 12.0. The Labute approximate surface area is 217 Å². The van der Waals surface area contributed by atoms with Crippen LogP contribution in [0.1, 0.15) is 77.6 Å². The molecule has 1 aliphatic rings. The summed E-state index contributed by atoms with van der Waals surface area (Å²) in [7, 11) is 6.22. The standard InChI is InChI=1S/C24H48NO7.HI/c1-5-6-7-8-9-10-11-12-13-15-20(26)31-18-19-21(27)22(28)23(29)24(32-19)30-17-14-16-25(2,3)4;/h19,21-24,27-29H,5-18H2,1-4H3;1H/q+1;/p-1. The molecular weight excluding hydrogens is 541 g/mol. The van der Waals surface area contributed by atoms with Crippen LogP contribution >= 0.6 is 0 Å². The smallest absolute Gasteiger partial charge is 0.305 e. The van der Waals surface area contributed by atoms with Crippen LogP contribution in [0.2, 0.25) is 0 Å². The highest BCUT2D eigenvalue weighted by atomic mass is 127. The van der Waals surface area contributed by atoms with Crippen LogP contribution in [0, 0.1) is 0 Å². The van der Waals surface area contributed by atoms with Crippen molar-refractivity contribution in [3.63, 3.8) is 0 Å². The summed E-state index contributed by atoms with van der Waals surface area (Å²) in [4.78, 5) is 12.0. The van der Waals surface area contributed by atoms with Crippen LogP contribution in [0.3, 0.4) is 0 Å². The van der Waals surface area contributed by atoms with E-state index in [1.807, 2.05) is 0 Å². The SMILES string of the molecule is CCCCCCCCCCCC(=O)OCC1OC(OCCC[N+](C)(C)C)C(O)C(O)C1O.[I-]. The minimum atomic E-state index is -1.42. The molecule has 1 rings (SSSR count). The first-order valence-electron chi connectivity index (χ1n) is 12.4. The number of aliphatic hydroxyl groups is 3. The molecule has 1 aliphatic heterocycles. The Morgan fingerprint density at radius 1 is 0.848 bits per heavy atom. The molecule has 1 fully saturated rings. The van der Waals surface area contributed by atoms with E-state index in [4.69, 9.17) is 14.2 Å². The number of esters is 1. The Balaban J connectivity index is 0.0000102. The number of ether oxygens (including phenoxy) is 3. The Kier molecular flexibility index (Phi) is 18.2. The fourth-order valence-electron chi connectivity index (χ4n) is 3.76. The molecule has 5 unspecified atom stereocenters. The first-order valence-corrected chi connectivity index (χ1v) is 12.4. The molecule has 5 atom stereocenters. The third-order valence-electron chi connectivity index (χ3n) is 5.82. The Bertz CT molecular complexity index is 504. The molecule has 0 amide bonds. The molecule has 0 radical (unpaired) electrons. The number of rotatable bonds is 17. The van der Waals surface area contributed by atoms with E-state index in [9.17, 15) is 20.1 Å². The van der Waals surface area contributed by atoms with Crippen molar-refractivity contribution in [3.05, 3.63) is 0 Å². The Morgan fingerprint density at radius 3 is 2.00 bits per heavy atom. The highest BCUT2D eigenvalue weighted by molar-refractivity contribution is 5.69. The maximum Gasteiger partial charge on any atom is 0.305 e. The molecule has 198 valence electrons. The van der Waals surface area contributed by atoms with Crippen LogP contribution in [-0.4, -0.2) is 97.4 Å². The van der Waals surface area contributed by atoms with Gasteiger partial charge in [-0.05, 0) is 6.42 Å². The molecule has 33 heavy (non-hydrogen) atoms. The molecule has 0 bridgehead atoms. The summed E-state index contributed by atoms with van der Waals surface area (Å²) < 4.78 is 17.2. The molecule has 1 saturated heterocycles. The van der Waals surface area contributed by atoms with Gasteiger partial charge in [0.05, 0.1) is 34.3 Å². The molecular formula is C24H48INO7. The molecule has 0 spiro atoms. The summed E-state index contributed by atoms with van der Waals surface area (Å²) >= 11 is 0. The second kappa shape index (κ2) is 18.3. The Hall–Kier alpha value is -0.0400. The third-order valence-corrected chi connectivity index (χ3v) is 5.82. The maximum absolute atomic E-state index is 12.0. The van der Waals surface area contributed by atoms with Gasteiger partial charge in [-0.3, -0.25) is 4.79 Å². The van der Waals surface area contributed by atoms with Gasteiger partial charge in [-0.15, -0.1) is 0 Å². The van der Waals surface area contributed by atoms with Gasteiger partial charge in [0.15, 0.2) is 6.29 Å². The van der Waals surface area contributed by atoms with Gasteiger partial charge in [0.25, 0.3) is 0 Å². The van der Waals surface area contributed by atoms with E-state index in [0.29, 0.717) is 13.0 Å². The topological polar surface area (TPSA) is 105 Å². The van der Waals surface area contributed by atoms with Crippen molar-refractivity contribution < 1.29 is 62.8 Å². The molecule has 0 saturated carbocycles. The van der Waals surface area contributed by atoms with E-state index in [1.165, 1.54) is 38.5 Å². The van der Waals surface area contributed by atoms with Crippen molar-refractivity contribution >= 4 is 5.97 Å². The lowest BCUT2D eigenvalue weighted by Crippen LogP contribution is -3.00. The summed E-state index contributed by atoms with van der Waals surface area (Å²) in [6, 6.07) is 0. The number of halogens is 1. The predicted octanol–water partition coefficient (Wildman–Crippen LogP) is -0.625. The number of quaternary nitrogens is 1. The molecule has 1 heterocycles. The Morgan fingerprint density at radius 2 is 1.42 bits per heavy atom. The average molecular weight is 590 g/mol. The fraction of sp³-hybridized carbons (Fsp3) is 0.958. The zero-order valence-corrected chi connectivity index (χ0v) is 23.2. The van der Waals surface area contributed by atoms with Gasteiger partial charge in [-0.2, -0.15) is 0 Å². The van der Waals surface area contributed by atoms with Gasteiger partial charge in [0.2, 0.25) is 0 Å². The van der Waals surface area contributed by atoms with Crippen LogP contribution in [0.15, 0.2) is 0 Å². The van der Waals surface area contributed by atoms with E-state index in [0.717, 1.165) is 36.7 Å². The number of carbonyl (C=O) groups is 1. The lowest BCUT2D eigenvalue weighted by atomic mass is 9.99. The number of unbranched alkanes of at least 4 members (excludes halogenated alkanes) is 8. The van der Waals surface area contributed by atoms with E-state index >= 15 is 0 Å². The summed E-state index contributed by atoms with van der Waals surface area (Å²) in [5, 5.41) is 30.4. The van der Waals surface area contributed by atoms with Crippen molar-refractivity contribution in [3.8, 4) is 0 Å². The van der Waals surface area contributed by atoms with Crippen molar-refractivity contribution in [2.24, 2.45) is 0 Å². The highest BCUT2D eigenvalue weighted by Gasteiger charge is 2.44. The van der Waals surface area contributed by atoms with Crippen molar-refractivity contribution in [1.82, 2.24) is 0 Å². The third kappa shape index (κ3) is 14.8. The number of hydrogen-bond donors (Lipinski definition) is 3. The van der Waals surface area contributed by atoms with Crippen molar-refractivity contribution in [1.29, 1.82) is 0 Å².